The number of primary amides is 1. The van der Waals surface area contributed by atoms with E-state index >= 15 is 0 Å². The molecule has 0 saturated heterocycles. The van der Waals surface area contributed by atoms with E-state index < -0.39 is 314 Å². The number of unbranched alkanes of at least 4 members (excludes halogenated alkanes) is 2. The van der Waals surface area contributed by atoms with Crippen LogP contribution in [0.4, 0.5) is 0 Å². The van der Waals surface area contributed by atoms with Crippen LogP contribution in [0.1, 0.15) is 179 Å². The van der Waals surface area contributed by atoms with Crippen LogP contribution in [0.5, 0.6) is 0 Å². The van der Waals surface area contributed by atoms with E-state index in [-0.39, 0.29) is 109 Å². The van der Waals surface area contributed by atoms with Crippen LogP contribution in [0.2, 0.25) is 0 Å². The van der Waals surface area contributed by atoms with Crippen molar-refractivity contribution >= 4 is 155 Å². The van der Waals surface area contributed by atoms with Crippen LogP contribution in [0.15, 0.2) is 0 Å². The first kappa shape index (κ1) is 127. The van der Waals surface area contributed by atoms with Crippen molar-refractivity contribution in [2.75, 3.05) is 58.3 Å². The maximum absolute atomic E-state index is 14.4. The fourth-order valence-corrected chi connectivity index (χ4v) is 12.9. The first-order chi connectivity index (χ1) is 65.6. The molecule has 0 aromatic rings. The van der Waals surface area contributed by atoms with Crippen molar-refractivity contribution < 1.29 is 126 Å². The van der Waals surface area contributed by atoms with Crippen LogP contribution < -0.4 is 152 Å². The van der Waals surface area contributed by atoms with Crippen molar-refractivity contribution in [3.63, 3.8) is 0 Å². The Bertz CT molecular complexity index is 4200. The number of aliphatic hydroxyl groups excluding tert-OH is 3. The Labute approximate surface area is 815 Å². The lowest BCUT2D eigenvalue weighted by Crippen LogP contribution is -2.62. The van der Waals surface area contributed by atoms with Crippen LogP contribution >= 0.6 is 12.6 Å². The molecule has 0 saturated carbocycles. The van der Waals surface area contributed by atoms with Gasteiger partial charge in [0.15, 0.2) is 17.9 Å². The molecule has 0 aliphatic carbocycles. The maximum Gasteiger partial charge on any atom is 0.326 e. The van der Waals surface area contributed by atoms with Gasteiger partial charge in [-0.1, -0.05) is 48.0 Å². The van der Waals surface area contributed by atoms with E-state index in [9.17, 15) is 126 Å². The Morgan fingerprint density at radius 2 is 0.543 bits per heavy atom. The van der Waals surface area contributed by atoms with Gasteiger partial charge in [0, 0.05) is 31.8 Å². The Hall–Kier alpha value is -13.2. The van der Waals surface area contributed by atoms with Gasteiger partial charge in [0.2, 0.25) is 112 Å². The Morgan fingerprint density at radius 3 is 0.893 bits per heavy atom. The van der Waals surface area contributed by atoms with Crippen LogP contribution in [-0.4, -0.2) is 341 Å². The number of amides is 19. The second kappa shape index (κ2) is 67.2. The summed E-state index contributed by atoms with van der Waals surface area (Å²) in [6.45, 7) is 12.3. The third-order valence-electron chi connectivity index (χ3n) is 21.3. The van der Waals surface area contributed by atoms with Gasteiger partial charge in [0.25, 0.3) is 0 Å². The van der Waals surface area contributed by atoms with E-state index in [1.807, 2.05) is 0 Å². The number of carboxylic acids is 2. The molecule has 20 atom stereocenters. The topological polar surface area (TPSA) is 966 Å². The van der Waals surface area contributed by atoms with Gasteiger partial charge in [-0.25, -0.2) is 4.79 Å². The minimum atomic E-state index is -1.88. The van der Waals surface area contributed by atoms with Gasteiger partial charge in [-0.2, -0.15) is 12.6 Å². The first-order valence-corrected chi connectivity index (χ1v) is 46.3. The molecule has 19 amide bonds. The number of carboxylic acid groups (broad SMARTS) is 2. The average molecular weight is 2020 g/mol. The van der Waals surface area contributed by atoms with Crippen molar-refractivity contribution in [2.45, 2.75) is 294 Å². The molecule has 0 aliphatic heterocycles. The van der Waals surface area contributed by atoms with E-state index in [0.29, 0.717) is 12.8 Å². The van der Waals surface area contributed by atoms with Gasteiger partial charge in [0.1, 0.15) is 109 Å². The molecule has 58 heteroatoms. The molecule has 140 heavy (non-hydrogen) atoms. The normalized spacial score (nSPS) is 15.3. The van der Waals surface area contributed by atoms with E-state index in [1.165, 1.54) is 41.5 Å². The zero-order valence-electron chi connectivity index (χ0n) is 80.7. The highest BCUT2D eigenvalue weighted by Gasteiger charge is 2.41. The van der Waals surface area contributed by atoms with Crippen molar-refractivity contribution in [3.8, 4) is 0 Å². The van der Waals surface area contributed by atoms with Gasteiger partial charge in [0.05, 0.1) is 32.3 Å². The Morgan fingerprint density at radius 1 is 0.300 bits per heavy atom. The summed E-state index contributed by atoms with van der Waals surface area (Å²) in [5.41, 5.74) is 38.8. The molecule has 0 aromatic heterocycles. The number of aliphatic carboxylic acids is 2. The number of guanidine groups is 3. The zero-order valence-corrected chi connectivity index (χ0v) is 81.6. The summed E-state index contributed by atoms with van der Waals surface area (Å²) in [5, 5.41) is 123. The van der Waals surface area contributed by atoms with Crippen LogP contribution in [-0.2, 0) is 101 Å². The lowest BCUT2D eigenvalue weighted by Gasteiger charge is -2.30. The number of carbonyl (C=O) groups is 21. The molecular formula is C82H149N31O26S. The zero-order chi connectivity index (χ0) is 107. The molecule has 0 aliphatic rings. The predicted molar refractivity (Wildman–Crippen MR) is 507 cm³/mol. The number of aliphatic hydroxyl groups is 3. The van der Waals surface area contributed by atoms with E-state index in [1.54, 1.807) is 13.8 Å². The van der Waals surface area contributed by atoms with Crippen LogP contribution in [0.25, 0.3) is 0 Å². The lowest BCUT2D eigenvalue weighted by molar-refractivity contribution is -0.144. The van der Waals surface area contributed by atoms with Crippen LogP contribution in [0.3, 0.4) is 0 Å². The Kier molecular flexibility index (Phi) is 60.8. The van der Waals surface area contributed by atoms with Crippen molar-refractivity contribution in [3.05, 3.63) is 0 Å². The molecule has 0 radical (unpaired) electrons. The molecule has 43 N–H and O–H groups in total. The molecule has 57 nitrogen and oxygen atoms in total. The monoisotopic (exact) mass is 2020 g/mol. The molecule has 794 valence electrons. The van der Waals surface area contributed by atoms with Crippen molar-refractivity contribution in [1.82, 2.24) is 112 Å². The second-order valence-corrected chi connectivity index (χ2v) is 34.3. The highest BCUT2D eigenvalue weighted by Crippen LogP contribution is 2.15. The average Bonchev–Trinajstić information content (AvgIpc) is 0.893. The molecule has 0 aromatic carbocycles. The molecule has 0 heterocycles. The molecule has 0 spiro atoms. The minimum Gasteiger partial charge on any atom is -0.481 e. The number of nitrogens with one attached hydrogen (secondary N) is 24. The summed E-state index contributed by atoms with van der Waals surface area (Å²) in [4.78, 5) is 284. The van der Waals surface area contributed by atoms with Crippen molar-refractivity contribution in [1.29, 1.82) is 16.2 Å². The summed E-state index contributed by atoms with van der Waals surface area (Å²) >= 11 is 3.96. The van der Waals surface area contributed by atoms with Gasteiger partial charge < -0.3 is 177 Å². The number of thiol groups is 1. The largest absolute Gasteiger partial charge is 0.481 e. The third kappa shape index (κ3) is 49.4. The summed E-state index contributed by atoms with van der Waals surface area (Å²) in [5.74, 6) is -26.3. The highest BCUT2D eigenvalue weighted by atomic mass is 32.1. The molecule has 0 fully saturated rings. The van der Waals surface area contributed by atoms with E-state index in [4.69, 9.17) is 56.4 Å². The summed E-state index contributed by atoms with van der Waals surface area (Å²) in [6.07, 6.45) is -1.51. The van der Waals surface area contributed by atoms with Crippen molar-refractivity contribution in [2.24, 2.45) is 57.9 Å². The molecular weight excluding hydrogens is 1870 g/mol. The number of carbonyl (C=O) groups excluding carboxylic acids is 19. The Balaban J connectivity index is 6.65. The van der Waals surface area contributed by atoms with Gasteiger partial charge in [-0.05, 0) is 149 Å². The summed E-state index contributed by atoms with van der Waals surface area (Å²) in [7, 11) is 0. The number of hydrogen-bond donors (Lipinski definition) is 37. The first-order valence-electron chi connectivity index (χ1n) is 45.6. The lowest BCUT2D eigenvalue weighted by atomic mass is 9.96. The van der Waals surface area contributed by atoms with E-state index in [0.717, 1.165) is 20.8 Å². The fourth-order valence-electron chi connectivity index (χ4n) is 12.8. The number of rotatable bonds is 70. The predicted octanol–water partition coefficient (Wildman–Crippen LogP) is -13.7. The van der Waals surface area contributed by atoms with Crippen LogP contribution in [0, 0.1) is 34.0 Å². The quantitative estimate of drug-likeness (QED) is 0.0116. The third-order valence-corrected chi connectivity index (χ3v) is 21.7. The van der Waals surface area contributed by atoms with Gasteiger partial charge >= 0.3 is 11.9 Å². The highest BCUT2D eigenvalue weighted by molar-refractivity contribution is 7.80. The van der Waals surface area contributed by atoms with E-state index in [2.05, 4.69) is 124 Å². The summed E-state index contributed by atoms with van der Waals surface area (Å²) in [6, 6.07) is -29.7. The minimum absolute atomic E-state index is 0.0156. The standard InChI is InChI=1S/C82H149N31O26S/c1-12-39(6)60(78(137)105-47(21-14-16-28-84)71(130)112-58(37(2)3)76(135)100-44(11)65(124)111-59(38(4)5)77(136)110-53(33-114)73(132)99-43(10)63(122)107-52(32-57(118)119)72(131)106-51(79(138)139)24-19-31-95-82(91)92)113-75(134)55(35-116)108-64(123)41(8)96-61(120)40(7)97-68(127)50(25-26-56(86)117)104-69(128)46(20-13-15-27-83)102-70(129)49(23-18-30-94-81(89)90)101-62(121)42(9)98-67(126)48(22-17-29-93-80(87)88)103-74(133)54(34-115)109-66(125)45(85)36-140/h37-55,58-60,114-116,140H,12-36,83-85H2,1-11H3,(H2,86,117)(H,96,120)(H,97,127)(H,98,126)(H,99,132)(H,100,135)(H,101,121)(H,102,129)(H,103,133)(H,104,128)(H,105,137)(H,106,131)(H,107,122)(H,108,123)(H,109,125)(H,110,136)(H,111,124)(H,112,130)(H,113,134)(H,118,119)(H,138,139)(H4,87,88,93)(H4,89,90,94)(H4,91,92,95)/t39-,40-,41-,42-,43-,44-,45-,46-,47-,48-,49-,50-,51-,52-,53-,54-,55-,58-,59-,60-/m0/s1. The SMILES string of the molecule is CC[C@H](C)[C@H](NC(=O)[C@H](CO)NC(=O)[C@H](C)NC(=O)[C@H](C)NC(=O)[C@H](CCC(N)=O)NC(=O)[C@H](CCCCN)NC(=O)[C@H](CCCNC(=N)N)NC(=O)[C@H](C)NC(=O)[C@H](CCCNC(=N)N)NC(=O)[C@H](CO)NC(=O)[C@@H](N)CS)C(=O)N[C@@H](CCCCN)C(=O)N[C@H](C(=O)N[C@@H](C)C(=O)N[C@H](C(=O)N[C@@H](CO)C(=O)N[C@@H](C)C(=O)N[C@@H](CC(=O)O)C(=O)N[C@@H](CCCNC(=N)N)C(=O)O)C(C)C)C(C)C. The number of hydrogen-bond acceptors (Lipinski definition) is 31. The second-order valence-electron chi connectivity index (χ2n) is 33.9. The van der Waals surface area contributed by atoms with Gasteiger partial charge in [-0.3, -0.25) is 112 Å². The number of nitrogens with two attached hydrogens (primary N) is 7. The molecule has 0 unspecified atom stereocenters. The smallest absolute Gasteiger partial charge is 0.326 e. The van der Waals surface area contributed by atoms with Gasteiger partial charge in [-0.15, -0.1) is 0 Å². The molecule has 0 bridgehead atoms. The maximum atomic E-state index is 14.4. The fraction of sp³-hybridized carbons (Fsp3) is 0.707. The molecule has 0 rings (SSSR count). The summed E-state index contributed by atoms with van der Waals surface area (Å²) < 4.78 is 0.